The van der Waals surface area contributed by atoms with Gasteiger partial charge < -0.3 is 28.8 Å². The van der Waals surface area contributed by atoms with Gasteiger partial charge in [-0.3, -0.25) is 9.59 Å². The number of ether oxygens (including phenoxy) is 3. The molecule has 0 aliphatic rings. The van der Waals surface area contributed by atoms with Gasteiger partial charge >= 0.3 is 6.16 Å². The molecule has 4 aromatic rings. The first kappa shape index (κ1) is 45.7. The number of hydrogen-bond acceptors (Lipinski definition) is 15. The minimum absolute atomic E-state index is 0.0508. The normalized spacial score (nSPS) is 11.1. The Morgan fingerprint density at radius 3 is 2.05 bits per heavy atom. The second-order valence-corrected chi connectivity index (χ2v) is 13.2. The van der Waals surface area contributed by atoms with Gasteiger partial charge in [-0.15, -0.1) is 35.2 Å². The monoisotopic (exact) mass is 807 g/mol. The average molecular weight is 808 g/mol. The summed E-state index contributed by atoms with van der Waals surface area (Å²) in [7, 11) is 0. The van der Waals surface area contributed by atoms with Crippen molar-refractivity contribution in [1.29, 1.82) is 0 Å². The number of aromatic nitrogens is 4. The highest BCUT2D eigenvalue weighted by Crippen LogP contribution is 2.30. The van der Waals surface area contributed by atoms with Crippen LogP contribution in [0.5, 0.6) is 0 Å². The van der Waals surface area contributed by atoms with Crippen LogP contribution in [0.2, 0.25) is 0 Å². The van der Waals surface area contributed by atoms with E-state index in [0.29, 0.717) is 55.1 Å². The maximum absolute atomic E-state index is 13.0. The van der Waals surface area contributed by atoms with Gasteiger partial charge in [-0.2, -0.15) is 0 Å². The van der Waals surface area contributed by atoms with E-state index in [1.54, 1.807) is 24.3 Å². The van der Waals surface area contributed by atoms with Crippen LogP contribution in [0, 0.1) is 26.1 Å². The molecule has 0 N–H and O–H groups in total. The molecule has 58 heavy (non-hydrogen) atoms. The van der Waals surface area contributed by atoms with Gasteiger partial charge in [0.2, 0.25) is 18.5 Å². The third-order valence-electron chi connectivity index (χ3n) is 8.70. The van der Waals surface area contributed by atoms with Crippen molar-refractivity contribution in [3.63, 3.8) is 0 Å². The van der Waals surface area contributed by atoms with E-state index in [0.717, 1.165) is 39.9 Å². The summed E-state index contributed by atoms with van der Waals surface area (Å²) in [6, 6.07) is 22.6. The Morgan fingerprint density at radius 2 is 1.43 bits per heavy atom. The maximum atomic E-state index is 13.0. The second-order valence-electron chi connectivity index (χ2n) is 13.2. The smallest absolute Gasteiger partial charge is 0.468 e. The van der Waals surface area contributed by atoms with Crippen LogP contribution >= 0.6 is 0 Å². The molecule has 4 rings (SSSR count). The molecule has 19 heteroatoms. The van der Waals surface area contributed by atoms with E-state index < -0.39 is 16.3 Å². The summed E-state index contributed by atoms with van der Waals surface area (Å²) in [4.78, 5) is 66.1. The van der Waals surface area contributed by atoms with Crippen molar-refractivity contribution in [2.24, 2.45) is 5.92 Å². The fraction of sp³-hybridized carbons (Fsp3) is 0.436. The van der Waals surface area contributed by atoms with E-state index in [1.807, 2.05) is 53.4 Å². The third kappa shape index (κ3) is 16.2. The predicted octanol–water partition coefficient (Wildman–Crippen LogP) is 6.74. The molecule has 0 aliphatic carbocycles. The van der Waals surface area contributed by atoms with Crippen LogP contribution in [-0.2, 0) is 60.0 Å². The Morgan fingerprint density at radius 1 is 0.810 bits per heavy atom. The Bertz CT molecular complexity index is 1890. The first-order chi connectivity index (χ1) is 27.9. The van der Waals surface area contributed by atoms with Crippen molar-refractivity contribution in [2.45, 2.75) is 92.3 Å². The summed E-state index contributed by atoms with van der Waals surface area (Å²) >= 11 is 0. The van der Waals surface area contributed by atoms with Gasteiger partial charge in [0.05, 0.1) is 13.2 Å². The fourth-order valence-electron chi connectivity index (χ4n) is 5.24. The lowest BCUT2D eigenvalue weighted by Crippen LogP contribution is -2.40. The lowest BCUT2D eigenvalue weighted by Gasteiger charge is -2.32. The Balaban J connectivity index is 0.000000714. The van der Waals surface area contributed by atoms with Crippen LogP contribution in [-0.4, -0.2) is 73.1 Å². The third-order valence-corrected chi connectivity index (χ3v) is 8.70. The van der Waals surface area contributed by atoms with E-state index in [1.165, 1.54) is 0 Å². The van der Waals surface area contributed by atoms with Gasteiger partial charge in [-0.1, -0.05) is 100.0 Å². The molecule has 0 spiro atoms. The summed E-state index contributed by atoms with van der Waals surface area (Å²) in [5.41, 5.74) is 4.94. The van der Waals surface area contributed by atoms with Gasteiger partial charge in [0, 0.05) is 24.6 Å². The van der Waals surface area contributed by atoms with Crippen LogP contribution in [0.3, 0.4) is 0 Å². The standard InChI is InChI=1S/C34H40N6O7.C5H9NO5/c1-5-6-11-32(41)38(25(4)24(2)3)20-26-16-18-29(19-17-26)30-9-7-8-10-31(30)33-35-37-39(36-33)23-46-34(42)45-21-27-12-14-28(15-13-27)22-47-40(43)44;7-5-10-3-1-2-4-11-6(8)9/h7-10,12-19,24-25H,5-6,11,20-23H2,1-4H3;5H,1-4H2. The van der Waals surface area contributed by atoms with Crippen molar-refractivity contribution in [3.05, 3.63) is 110 Å². The zero-order chi connectivity index (χ0) is 42.3. The predicted molar refractivity (Wildman–Crippen MR) is 207 cm³/mol. The Hall–Kier alpha value is -6.66. The topological polar surface area (TPSA) is 230 Å². The highest BCUT2D eigenvalue weighted by atomic mass is 17.0. The minimum atomic E-state index is -0.918. The molecule has 0 fully saturated rings. The molecular weight excluding hydrogens is 758 g/mol. The molecule has 1 atom stereocenters. The van der Waals surface area contributed by atoms with E-state index >= 15 is 0 Å². The minimum Gasteiger partial charge on any atom is -0.468 e. The van der Waals surface area contributed by atoms with E-state index in [2.05, 4.69) is 57.5 Å². The maximum Gasteiger partial charge on any atom is 0.510 e. The molecule has 312 valence electrons. The van der Waals surface area contributed by atoms with Crippen molar-refractivity contribution >= 4 is 18.5 Å². The van der Waals surface area contributed by atoms with Crippen LogP contribution in [0.4, 0.5) is 4.79 Å². The van der Waals surface area contributed by atoms with Crippen molar-refractivity contribution in [3.8, 4) is 22.5 Å². The molecule has 0 bridgehead atoms. The number of carbonyl (C=O) groups is 3. The molecule has 19 nitrogen and oxygen atoms in total. The molecule has 0 aliphatic heterocycles. The molecule has 1 amide bonds. The van der Waals surface area contributed by atoms with Gasteiger partial charge in [0.1, 0.15) is 13.2 Å². The number of unbranched alkanes of at least 4 members (excludes halogenated alkanes) is 2. The van der Waals surface area contributed by atoms with Crippen LogP contribution < -0.4 is 0 Å². The van der Waals surface area contributed by atoms with Crippen LogP contribution in [0.15, 0.2) is 72.8 Å². The largest absolute Gasteiger partial charge is 0.510 e. The summed E-state index contributed by atoms with van der Waals surface area (Å²) in [5.74, 6) is 0.893. The van der Waals surface area contributed by atoms with Crippen LogP contribution in [0.25, 0.3) is 22.5 Å². The second kappa shape index (κ2) is 24.8. The number of hydrogen-bond donors (Lipinski definition) is 0. The summed E-state index contributed by atoms with van der Waals surface area (Å²) in [6.07, 6.45) is 2.59. The van der Waals surface area contributed by atoms with Gasteiger partial charge in [0.15, 0.2) is 0 Å². The molecular formula is C39H49N7O12. The molecule has 0 radical (unpaired) electrons. The number of nitrogens with zero attached hydrogens (tertiary/aromatic N) is 7. The van der Waals surface area contributed by atoms with Crippen molar-refractivity contribution in [1.82, 2.24) is 25.1 Å². The Kier molecular flexibility index (Phi) is 19.5. The molecule has 3 aromatic carbocycles. The highest BCUT2D eigenvalue weighted by Gasteiger charge is 2.22. The SMILES string of the molecule is CCCCC(=O)N(Cc1ccc(-c2ccccc2-c2nnn(COC(=O)OCc3ccc(CO[N+](=O)[O-])cc3)n2)cc1)C(C)C(C)C.O=COCCCCO[N+](=O)[O-]. The zero-order valence-electron chi connectivity index (χ0n) is 33.0. The number of rotatable bonds is 23. The number of benzene rings is 3. The molecule has 1 heterocycles. The lowest BCUT2D eigenvalue weighted by molar-refractivity contribution is -0.763. The lowest BCUT2D eigenvalue weighted by atomic mass is 9.97. The van der Waals surface area contributed by atoms with Crippen LogP contribution in [0.1, 0.15) is 76.5 Å². The molecule has 0 saturated heterocycles. The number of tetrazole rings is 1. The van der Waals surface area contributed by atoms with Gasteiger partial charge in [0.25, 0.3) is 16.6 Å². The first-order valence-electron chi connectivity index (χ1n) is 18.6. The van der Waals surface area contributed by atoms with Gasteiger partial charge in [-0.05, 0) is 65.1 Å². The van der Waals surface area contributed by atoms with E-state index in [9.17, 15) is 34.6 Å². The quantitative estimate of drug-likeness (QED) is 0.0248. The molecule has 1 aromatic heterocycles. The van der Waals surface area contributed by atoms with E-state index in [4.69, 9.17) is 9.47 Å². The number of amides is 1. The summed E-state index contributed by atoms with van der Waals surface area (Å²) in [6.45, 7) is 9.17. The highest BCUT2D eigenvalue weighted by molar-refractivity contribution is 5.80. The van der Waals surface area contributed by atoms with Crippen molar-refractivity contribution < 1.29 is 48.4 Å². The summed E-state index contributed by atoms with van der Waals surface area (Å²) < 4.78 is 14.6. The first-order valence-corrected chi connectivity index (χ1v) is 18.6. The molecule has 0 saturated carbocycles. The zero-order valence-corrected chi connectivity index (χ0v) is 33.0. The van der Waals surface area contributed by atoms with E-state index in [-0.39, 0.29) is 45.1 Å². The fourth-order valence-corrected chi connectivity index (χ4v) is 5.24. The Labute approximate surface area is 335 Å². The summed E-state index contributed by atoms with van der Waals surface area (Å²) in [5, 5.41) is 30.8. The molecule has 1 unspecified atom stereocenters. The van der Waals surface area contributed by atoms with Crippen molar-refractivity contribution in [2.75, 3.05) is 13.2 Å². The number of carbonyl (C=O) groups excluding carboxylic acids is 3. The average Bonchev–Trinajstić information content (AvgIpc) is 3.70. The van der Waals surface area contributed by atoms with Gasteiger partial charge in [-0.25, -0.2) is 4.79 Å².